The standard InChI is InChI=1S/C14H22F2N2O2/c1-18(11-5-7-14(15,16)8-6-11)13(20)9-10-3-2-4-12(19)17-10/h10-11H,2-9H2,1H3,(H,17,19). The van der Waals surface area contributed by atoms with Crippen molar-refractivity contribution in [3.63, 3.8) is 0 Å². The molecule has 0 aromatic heterocycles. The number of nitrogens with zero attached hydrogens (tertiary/aromatic N) is 1. The fourth-order valence-corrected chi connectivity index (χ4v) is 3.00. The molecule has 1 aliphatic carbocycles. The third-order valence-electron chi connectivity index (χ3n) is 4.37. The van der Waals surface area contributed by atoms with Crippen molar-refractivity contribution in [2.45, 2.75) is 69.4 Å². The summed E-state index contributed by atoms with van der Waals surface area (Å²) in [6, 6.07) is -0.197. The zero-order valence-corrected chi connectivity index (χ0v) is 11.8. The molecule has 1 saturated carbocycles. The monoisotopic (exact) mass is 288 g/mol. The predicted molar refractivity (Wildman–Crippen MR) is 70.4 cm³/mol. The molecule has 1 aliphatic heterocycles. The molecule has 1 unspecified atom stereocenters. The Balaban J connectivity index is 1.81. The van der Waals surface area contributed by atoms with Crippen LogP contribution in [0, 0.1) is 0 Å². The van der Waals surface area contributed by atoms with Crippen molar-refractivity contribution in [3.8, 4) is 0 Å². The maximum atomic E-state index is 13.1. The Kier molecular flexibility index (Phi) is 4.60. The summed E-state index contributed by atoms with van der Waals surface area (Å²) in [5, 5.41) is 2.81. The molecule has 2 aliphatic rings. The lowest BCUT2D eigenvalue weighted by atomic mass is 9.91. The van der Waals surface area contributed by atoms with E-state index in [1.54, 1.807) is 11.9 Å². The van der Waals surface area contributed by atoms with Crippen molar-refractivity contribution < 1.29 is 18.4 Å². The van der Waals surface area contributed by atoms with Gasteiger partial charge < -0.3 is 10.2 Å². The molecule has 1 N–H and O–H groups in total. The Labute approximate surface area is 117 Å². The van der Waals surface area contributed by atoms with Crippen LogP contribution in [0.25, 0.3) is 0 Å². The number of piperidine rings is 1. The van der Waals surface area contributed by atoms with Gasteiger partial charge in [0.1, 0.15) is 0 Å². The molecule has 1 saturated heterocycles. The number of carbonyl (C=O) groups is 2. The van der Waals surface area contributed by atoms with Gasteiger partial charge in [-0.25, -0.2) is 8.78 Å². The Morgan fingerprint density at radius 3 is 2.60 bits per heavy atom. The quantitative estimate of drug-likeness (QED) is 0.864. The first-order chi connectivity index (χ1) is 9.37. The SMILES string of the molecule is CN(C(=O)CC1CCCC(=O)N1)C1CCC(F)(F)CC1. The Bertz CT molecular complexity index is 377. The lowest BCUT2D eigenvalue weighted by Crippen LogP contribution is -2.46. The Morgan fingerprint density at radius 2 is 2.00 bits per heavy atom. The van der Waals surface area contributed by atoms with E-state index in [0.717, 1.165) is 12.8 Å². The molecular weight excluding hydrogens is 266 g/mol. The minimum atomic E-state index is -2.57. The summed E-state index contributed by atoms with van der Waals surface area (Å²) in [5.74, 6) is -2.64. The van der Waals surface area contributed by atoms with E-state index in [2.05, 4.69) is 5.32 Å². The minimum Gasteiger partial charge on any atom is -0.353 e. The number of halogens is 2. The number of amides is 2. The van der Waals surface area contributed by atoms with E-state index in [9.17, 15) is 18.4 Å². The van der Waals surface area contributed by atoms with Gasteiger partial charge in [-0.15, -0.1) is 0 Å². The number of rotatable bonds is 3. The number of nitrogens with one attached hydrogen (secondary N) is 1. The molecule has 2 fully saturated rings. The summed E-state index contributed by atoms with van der Waals surface area (Å²) in [6.07, 6.45) is 2.84. The van der Waals surface area contributed by atoms with Crippen LogP contribution in [0.15, 0.2) is 0 Å². The second-order valence-electron chi connectivity index (χ2n) is 5.95. The molecule has 1 atom stereocenters. The molecule has 0 spiro atoms. The van der Waals surface area contributed by atoms with Gasteiger partial charge in [0.15, 0.2) is 0 Å². The van der Waals surface area contributed by atoms with Gasteiger partial charge in [0, 0.05) is 44.8 Å². The van der Waals surface area contributed by atoms with Gasteiger partial charge in [-0.05, 0) is 25.7 Å². The number of hydrogen-bond donors (Lipinski definition) is 1. The molecule has 0 radical (unpaired) electrons. The van der Waals surface area contributed by atoms with Crippen molar-refractivity contribution in [1.82, 2.24) is 10.2 Å². The average Bonchev–Trinajstić information content (AvgIpc) is 2.38. The molecule has 0 aromatic carbocycles. The third-order valence-corrected chi connectivity index (χ3v) is 4.37. The fraction of sp³-hybridized carbons (Fsp3) is 0.857. The van der Waals surface area contributed by atoms with Gasteiger partial charge in [-0.3, -0.25) is 9.59 Å². The second-order valence-corrected chi connectivity index (χ2v) is 5.95. The molecule has 2 rings (SSSR count). The van der Waals surface area contributed by atoms with E-state index in [4.69, 9.17) is 0 Å². The Morgan fingerprint density at radius 1 is 1.35 bits per heavy atom. The van der Waals surface area contributed by atoms with Crippen LogP contribution < -0.4 is 5.32 Å². The molecule has 0 aromatic rings. The third kappa shape index (κ3) is 3.90. The van der Waals surface area contributed by atoms with Crippen molar-refractivity contribution in [2.24, 2.45) is 0 Å². The Hall–Kier alpha value is -1.20. The van der Waals surface area contributed by atoms with Crippen LogP contribution in [0.1, 0.15) is 51.4 Å². The number of carbonyl (C=O) groups excluding carboxylic acids is 2. The van der Waals surface area contributed by atoms with Gasteiger partial charge in [0.2, 0.25) is 17.7 Å². The highest BCUT2D eigenvalue weighted by molar-refractivity contribution is 5.80. The summed E-state index contributed by atoms with van der Waals surface area (Å²) >= 11 is 0. The summed E-state index contributed by atoms with van der Waals surface area (Å²) in [5.41, 5.74) is 0. The zero-order chi connectivity index (χ0) is 14.8. The first kappa shape index (κ1) is 15.2. The van der Waals surface area contributed by atoms with Crippen molar-refractivity contribution in [3.05, 3.63) is 0 Å². The molecule has 4 nitrogen and oxygen atoms in total. The van der Waals surface area contributed by atoms with E-state index in [1.165, 1.54) is 0 Å². The number of hydrogen-bond acceptors (Lipinski definition) is 2. The lowest BCUT2D eigenvalue weighted by molar-refractivity contribution is -0.136. The van der Waals surface area contributed by atoms with E-state index < -0.39 is 5.92 Å². The van der Waals surface area contributed by atoms with Gasteiger partial charge in [0.25, 0.3) is 0 Å². The van der Waals surface area contributed by atoms with Crippen LogP contribution in [0.5, 0.6) is 0 Å². The van der Waals surface area contributed by atoms with Gasteiger partial charge >= 0.3 is 0 Å². The first-order valence-electron chi connectivity index (χ1n) is 7.30. The first-order valence-corrected chi connectivity index (χ1v) is 7.30. The summed E-state index contributed by atoms with van der Waals surface area (Å²) in [6.45, 7) is 0. The molecule has 6 heteroatoms. The molecule has 0 bridgehead atoms. The van der Waals surface area contributed by atoms with Crippen molar-refractivity contribution in [1.29, 1.82) is 0 Å². The van der Waals surface area contributed by atoms with Crippen molar-refractivity contribution >= 4 is 11.8 Å². The topological polar surface area (TPSA) is 49.4 Å². The maximum Gasteiger partial charge on any atom is 0.248 e. The highest BCUT2D eigenvalue weighted by Crippen LogP contribution is 2.34. The van der Waals surface area contributed by atoms with Gasteiger partial charge in [0.05, 0.1) is 0 Å². The molecule has 20 heavy (non-hydrogen) atoms. The van der Waals surface area contributed by atoms with Crippen LogP contribution >= 0.6 is 0 Å². The van der Waals surface area contributed by atoms with Crippen LogP contribution in [0.2, 0.25) is 0 Å². The second kappa shape index (κ2) is 6.06. The largest absolute Gasteiger partial charge is 0.353 e. The van der Waals surface area contributed by atoms with Crippen LogP contribution in [-0.4, -0.2) is 41.8 Å². The predicted octanol–water partition coefficient (Wildman–Crippen LogP) is 2.08. The zero-order valence-electron chi connectivity index (χ0n) is 11.8. The van der Waals surface area contributed by atoms with Crippen LogP contribution in [0.4, 0.5) is 8.78 Å². The van der Waals surface area contributed by atoms with E-state index in [0.29, 0.717) is 19.3 Å². The summed E-state index contributed by atoms with van der Waals surface area (Å²) in [7, 11) is 1.68. The summed E-state index contributed by atoms with van der Waals surface area (Å²) in [4.78, 5) is 25.0. The fourth-order valence-electron chi connectivity index (χ4n) is 3.00. The molecular formula is C14H22F2N2O2. The smallest absolute Gasteiger partial charge is 0.248 e. The average molecular weight is 288 g/mol. The maximum absolute atomic E-state index is 13.1. The highest BCUT2D eigenvalue weighted by atomic mass is 19.3. The van der Waals surface area contributed by atoms with Gasteiger partial charge in [-0.1, -0.05) is 0 Å². The summed E-state index contributed by atoms with van der Waals surface area (Å²) < 4.78 is 26.2. The van der Waals surface area contributed by atoms with Crippen LogP contribution in [0.3, 0.4) is 0 Å². The van der Waals surface area contributed by atoms with E-state index >= 15 is 0 Å². The van der Waals surface area contributed by atoms with Crippen molar-refractivity contribution in [2.75, 3.05) is 7.05 Å². The molecule has 114 valence electrons. The van der Waals surface area contributed by atoms with E-state index in [-0.39, 0.29) is 43.2 Å². The minimum absolute atomic E-state index is 0.00554. The molecule has 1 heterocycles. The number of alkyl halides is 2. The lowest BCUT2D eigenvalue weighted by Gasteiger charge is -2.35. The highest BCUT2D eigenvalue weighted by Gasteiger charge is 2.37. The molecule has 2 amide bonds. The normalized spacial score (nSPS) is 26.9. The van der Waals surface area contributed by atoms with Crippen LogP contribution in [-0.2, 0) is 9.59 Å². The van der Waals surface area contributed by atoms with Gasteiger partial charge in [-0.2, -0.15) is 0 Å². The van der Waals surface area contributed by atoms with E-state index in [1.807, 2.05) is 0 Å².